The summed E-state index contributed by atoms with van der Waals surface area (Å²) in [7, 11) is 0. The van der Waals surface area contributed by atoms with Gasteiger partial charge in [0.05, 0.1) is 4.91 Å². The van der Waals surface area contributed by atoms with Crippen molar-refractivity contribution in [3.63, 3.8) is 0 Å². The van der Waals surface area contributed by atoms with Gasteiger partial charge in [-0.2, -0.15) is 0 Å². The molecule has 1 saturated heterocycles. The SMILES string of the molecule is O=C(CCCN1C(=O)/C(=C/c2ccccc2O)SC1=S)Nc1ccc(F)cc1. The molecule has 0 bridgehead atoms. The van der Waals surface area contributed by atoms with Crippen molar-refractivity contribution in [2.24, 2.45) is 0 Å². The highest BCUT2D eigenvalue weighted by Crippen LogP contribution is 2.34. The quantitative estimate of drug-likeness (QED) is 0.547. The Morgan fingerprint density at radius 1 is 1.21 bits per heavy atom. The molecule has 0 aromatic heterocycles. The summed E-state index contributed by atoms with van der Waals surface area (Å²) in [6, 6.07) is 12.2. The van der Waals surface area contributed by atoms with E-state index in [0.29, 0.717) is 33.4 Å². The van der Waals surface area contributed by atoms with Crippen molar-refractivity contribution in [3.8, 4) is 5.75 Å². The molecule has 0 atom stereocenters. The Balaban J connectivity index is 1.54. The number of carbonyl (C=O) groups excluding carboxylic acids is 2. The first-order valence-electron chi connectivity index (χ1n) is 8.53. The molecule has 8 heteroatoms. The smallest absolute Gasteiger partial charge is 0.266 e. The van der Waals surface area contributed by atoms with Crippen LogP contribution in [-0.4, -0.2) is 32.7 Å². The van der Waals surface area contributed by atoms with Gasteiger partial charge in [0.2, 0.25) is 5.91 Å². The van der Waals surface area contributed by atoms with E-state index in [4.69, 9.17) is 12.2 Å². The molecular weight excluding hydrogens is 399 g/mol. The number of thiocarbonyl (C=S) groups is 1. The highest BCUT2D eigenvalue weighted by atomic mass is 32.2. The van der Waals surface area contributed by atoms with Crippen LogP contribution in [0.15, 0.2) is 53.4 Å². The van der Waals surface area contributed by atoms with Crippen LogP contribution in [0.4, 0.5) is 10.1 Å². The van der Waals surface area contributed by atoms with Gasteiger partial charge >= 0.3 is 0 Å². The summed E-state index contributed by atoms with van der Waals surface area (Å²) < 4.78 is 13.3. The zero-order valence-corrected chi connectivity index (χ0v) is 16.4. The molecule has 3 rings (SSSR count). The van der Waals surface area contributed by atoms with Gasteiger partial charge in [0.25, 0.3) is 5.91 Å². The van der Waals surface area contributed by atoms with Crippen LogP contribution >= 0.6 is 24.0 Å². The molecule has 0 aliphatic carbocycles. The second-order valence-corrected chi connectivity index (χ2v) is 7.73. The summed E-state index contributed by atoms with van der Waals surface area (Å²) in [6.07, 6.45) is 2.24. The maximum Gasteiger partial charge on any atom is 0.266 e. The monoisotopic (exact) mass is 416 g/mol. The van der Waals surface area contributed by atoms with Crippen LogP contribution in [0, 0.1) is 5.82 Å². The number of phenolic OH excluding ortho intramolecular Hbond substituents is 1. The lowest BCUT2D eigenvalue weighted by Crippen LogP contribution is -2.29. The number of nitrogens with one attached hydrogen (secondary N) is 1. The van der Waals surface area contributed by atoms with E-state index in [1.54, 1.807) is 30.3 Å². The second kappa shape index (κ2) is 8.99. The first-order chi connectivity index (χ1) is 13.4. The number of hydrogen-bond acceptors (Lipinski definition) is 5. The van der Waals surface area contributed by atoms with Crippen molar-refractivity contribution in [1.82, 2.24) is 4.90 Å². The number of hydrogen-bond donors (Lipinski definition) is 2. The third kappa shape index (κ3) is 4.96. The minimum Gasteiger partial charge on any atom is -0.507 e. The van der Waals surface area contributed by atoms with Gasteiger partial charge in [-0.05, 0) is 42.8 Å². The molecule has 0 spiro atoms. The molecule has 0 unspecified atom stereocenters. The van der Waals surface area contributed by atoms with Gasteiger partial charge in [0.15, 0.2) is 0 Å². The average molecular weight is 416 g/mol. The predicted octanol–water partition coefficient (Wildman–Crippen LogP) is 4.15. The average Bonchev–Trinajstić information content (AvgIpc) is 2.93. The normalized spacial score (nSPS) is 15.3. The van der Waals surface area contributed by atoms with Gasteiger partial charge in [0.1, 0.15) is 15.9 Å². The zero-order chi connectivity index (χ0) is 20.1. The van der Waals surface area contributed by atoms with E-state index in [0.717, 1.165) is 0 Å². The standard InChI is InChI=1S/C20H17FN2O3S2/c21-14-7-9-15(10-8-14)22-18(25)6-3-11-23-19(26)17(28-20(23)27)12-13-4-1-2-5-16(13)24/h1-2,4-5,7-10,12,24H,3,6,11H2,(H,22,25)/b17-12-. The Labute approximate surface area is 171 Å². The summed E-state index contributed by atoms with van der Waals surface area (Å²) in [4.78, 5) is 26.4. The van der Waals surface area contributed by atoms with Gasteiger partial charge in [-0.25, -0.2) is 4.39 Å². The minimum atomic E-state index is -0.371. The summed E-state index contributed by atoms with van der Waals surface area (Å²) in [5.74, 6) is -0.742. The van der Waals surface area contributed by atoms with Crippen LogP contribution in [0.25, 0.3) is 6.08 Å². The van der Waals surface area contributed by atoms with Crippen LogP contribution in [-0.2, 0) is 9.59 Å². The van der Waals surface area contributed by atoms with E-state index in [1.165, 1.54) is 40.9 Å². The Morgan fingerprint density at radius 2 is 1.93 bits per heavy atom. The molecule has 1 aliphatic rings. The topological polar surface area (TPSA) is 69.6 Å². The highest BCUT2D eigenvalue weighted by Gasteiger charge is 2.31. The lowest BCUT2D eigenvalue weighted by molar-refractivity contribution is -0.122. The second-order valence-electron chi connectivity index (χ2n) is 6.05. The number of nitrogens with zero attached hydrogens (tertiary/aromatic N) is 1. The van der Waals surface area contributed by atoms with Crippen molar-refractivity contribution in [2.75, 3.05) is 11.9 Å². The Hall–Kier alpha value is -2.71. The predicted molar refractivity (Wildman–Crippen MR) is 112 cm³/mol. The minimum absolute atomic E-state index is 0.0882. The molecule has 1 heterocycles. The maximum atomic E-state index is 12.9. The molecule has 0 saturated carbocycles. The first-order valence-corrected chi connectivity index (χ1v) is 9.75. The Bertz CT molecular complexity index is 945. The van der Waals surface area contributed by atoms with E-state index in [-0.39, 0.29) is 29.8 Å². The Morgan fingerprint density at radius 3 is 2.64 bits per heavy atom. The van der Waals surface area contributed by atoms with Crippen molar-refractivity contribution >= 4 is 51.9 Å². The van der Waals surface area contributed by atoms with Crippen LogP contribution in [0.1, 0.15) is 18.4 Å². The number of carbonyl (C=O) groups is 2. The maximum absolute atomic E-state index is 12.9. The van der Waals surface area contributed by atoms with Crippen molar-refractivity contribution in [2.45, 2.75) is 12.8 Å². The molecular formula is C20H17FN2O3S2. The molecule has 28 heavy (non-hydrogen) atoms. The number of halogens is 1. The van der Waals surface area contributed by atoms with E-state index >= 15 is 0 Å². The molecule has 2 aromatic carbocycles. The molecule has 2 N–H and O–H groups in total. The Kier molecular flexibility index (Phi) is 6.43. The molecule has 5 nitrogen and oxygen atoms in total. The summed E-state index contributed by atoms with van der Waals surface area (Å²) in [5, 5.41) is 12.5. The van der Waals surface area contributed by atoms with Gasteiger partial charge in [-0.3, -0.25) is 14.5 Å². The summed E-state index contributed by atoms with van der Waals surface area (Å²) in [6.45, 7) is 0.319. The highest BCUT2D eigenvalue weighted by molar-refractivity contribution is 8.26. The number of aromatic hydroxyl groups is 1. The van der Waals surface area contributed by atoms with Crippen LogP contribution in [0.2, 0.25) is 0 Å². The number of anilines is 1. The third-order valence-corrected chi connectivity index (χ3v) is 5.39. The number of thioether (sulfide) groups is 1. The van der Waals surface area contributed by atoms with Gasteiger partial charge in [-0.1, -0.05) is 42.2 Å². The number of phenols is 1. The van der Waals surface area contributed by atoms with E-state index < -0.39 is 0 Å². The van der Waals surface area contributed by atoms with E-state index in [2.05, 4.69) is 5.32 Å². The number of para-hydroxylation sites is 1. The number of amides is 2. The fraction of sp³-hybridized carbons (Fsp3) is 0.150. The van der Waals surface area contributed by atoms with Crippen molar-refractivity contribution in [1.29, 1.82) is 0 Å². The molecule has 2 aromatic rings. The van der Waals surface area contributed by atoms with E-state index in [9.17, 15) is 19.1 Å². The molecule has 1 aliphatic heterocycles. The third-order valence-electron chi connectivity index (χ3n) is 4.01. The van der Waals surface area contributed by atoms with Gasteiger partial charge < -0.3 is 10.4 Å². The number of rotatable bonds is 6. The lowest BCUT2D eigenvalue weighted by Gasteiger charge is -2.14. The fourth-order valence-corrected chi connectivity index (χ4v) is 3.90. The molecule has 1 fully saturated rings. The van der Waals surface area contributed by atoms with Crippen LogP contribution in [0.5, 0.6) is 5.75 Å². The van der Waals surface area contributed by atoms with Gasteiger partial charge in [0, 0.05) is 24.2 Å². The van der Waals surface area contributed by atoms with E-state index in [1.807, 2.05) is 0 Å². The van der Waals surface area contributed by atoms with Gasteiger partial charge in [-0.15, -0.1) is 0 Å². The van der Waals surface area contributed by atoms with Crippen molar-refractivity contribution < 1.29 is 19.1 Å². The molecule has 2 amide bonds. The molecule has 0 radical (unpaired) electrons. The van der Waals surface area contributed by atoms with Crippen molar-refractivity contribution in [3.05, 3.63) is 64.8 Å². The van der Waals surface area contributed by atoms with Crippen LogP contribution < -0.4 is 5.32 Å². The fourth-order valence-electron chi connectivity index (χ4n) is 2.60. The largest absolute Gasteiger partial charge is 0.507 e. The number of benzene rings is 2. The summed E-state index contributed by atoms with van der Waals surface area (Å²) in [5.41, 5.74) is 1.06. The summed E-state index contributed by atoms with van der Waals surface area (Å²) >= 11 is 6.44. The zero-order valence-electron chi connectivity index (χ0n) is 14.7. The van der Waals surface area contributed by atoms with Crippen LogP contribution in [0.3, 0.4) is 0 Å². The first kappa shape index (κ1) is 20.0. The lowest BCUT2D eigenvalue weighted by atomic mass is 10.2. The molecule has 144 valence electrons.